The van der Waals surface area contributed by atoms with E-state index in [1.807, 2.05) is 22.4 Å². The van der Waals surface area contributed by atoms with Crippen molar-refractivity contribution in [1.29, 1.82) is 0 Å². The molecular formula is C14H18FN3S. The molecule has 2 aromatic rings. The van der Waals surface area contributed by atoms with Gasteiger partial charge in [0.05, 0.1) is 11.0 Å². The maximum Gasteiger partial charge on any atom is 0.201 e. The number of nitrogens with zero attached hydrogens (tertiary/aromatic N) is 2. The third-order valence-electron chi connectivity index (χ3n) is 3.72. The molecule has 1 fully saturated rings. The highest BCUT2D eigenvalue weighted by atomic mass is 32.2. The van der Waals surface area contributed by atoms with Crippen molar-refractivity contribution in [3.63, 3.8) is 0 Å². The molecule has 1 aromatic carbocycles. The number of nitrogen functional groups attached to an aromatic ring is 1. The number of rotatable bonds is 2. The van der Waals surface area contributed by atoms with Crippen LogP contribution in [0.3, 0.4) is 0 Å². The van der Waals surface area contributed by atoms with Crippen LogP contribution in [0.2, 0.25) is 0 Å². The Kier molecular flexibility index (Phi) is 3.39. The molecule has 0 amide bonds. The first kappa shape index (κ1) is 12.8. The Hall–Kier alpha value is -1.23. The molecule has 2 N–H and O–H groups in total. The maximum absolute atomic E-state index is 13.6. The van der Waals surface area contributed by atoms with Crippen LogP contribution < -0.4 is 5.73 Å². The topological polar surface area (TPSA) is 43.8 Å². The second-order valence-electron chi connectivity index (χ2n) is 5.16. The van der Waals surface area contributed by atoms with Crippen molar-refractivity contribution in [1.82, 2.24) is 9.55 Å². The molecule has 0 saturated carbocycles. The number of nitrogens with two attached hydrogens (primary N) is 1. The van der Waals surface area contributed by atoms with Crippen LogP contribution >= 0.6 is 11.8 Å². The Labute approximate surface area is 116 Å². The zero-order chi connectivity index (χ0) is 13.4. The molecule has 0 bridgehead atoms. The minimum Gasteiger partial charge on any atom is -0.369 e. The quantitative estimate of drug-likeness (QED) is 0.916. The number of aryl methyl sites for hydroxylation is 1. The predicted molar refractivity (Wildman–Crippen MR) is 78.9 cm³/mol. The van der Waals surface area contributed by atoms with Gasteiger partial charge < -0.3 is 10.3 Å². The van der Waals surface area contributed by atoms with E-state index in [2.05, 4.69) is 4.98 Å². The Morgan fingerprint density at radius 3 is 3.05 bits per heavy atom. The van der Waals surface area contributed by atoms with E-state index in [9.17, 15) is 4.39 Å². The van der Waals surface area contributed by atoms with Gasteiger partial charge in [-0.3, -0.25) is 0 Å². The van der Waals surface area contributed by atoms with Crippen LogP contribution in [-0.4, -0.2) is 20.6 Å². The van der Waals surface area contributed by atoms with E-state index in [0.717, 1.165) is 12.1 Å². The van der Waals surface area contributed by atoms with Crippen molar-refractivity contribution >= 4 is 28.7 Å². The Bertz CT molecular complexity index is 602. The van der Waals surface area contributed by atoms with Crippen molar-refractivity contribution < 1.29 is 4.39 Å². The van der Waals surface area contributed by atoms with Gasteiger partial charge in [-0.15, -0.1) is 0 Å². The molecule has 1 aromatic heterocycles. The molecule has 3 nitrogen and oxygen atoms in total. The number of hydrogen-bond acceptors (Lipinski definition) is 3. The number of imidazole rings is 1. The minimum absolute atomic E-state index is 0.218. The molecule has 0 aliphatic carbocycles. The van der Waals surface area contributed by atoms with Gasteiger partial charge in [0.15, 0.2) is 0 Å². The first-order valence-corrected chi connectivity index (χ1v) is 7.73. The first-order chi connectivity index (χ1) is 9.15. The van der Waals surface area contributed by atoms with E-state index >= 15 is 0 Å². The SMILES string of the molecule is Cc1cc2c(cc1F)nc(N)n2CC1CCCCS1. The number of thioether (sulfide) groups is 1. The fourth-order valence-corrected chi connectivity index (χ4v) is 3.91. The number of aromatic nitrogens is 2. The summed E-state index contributed by atoms with van der Waals surface area (Å²) < 4.78 is 15.6. The number of anilines is 1. The maximum atomic E-state index is 13.6. The van der Waals surface area contributed by atoms with E-state index in [1.54, 1.807) is 6.92 Å². The number of benzene rings is 1. The molecule has 1 atom stereocenters. The Morgan fingerprint density at radius 1 is 1.47 bits per heavy atom. The molecule has 102 valence electrons. The largest absolute Gasteiger partial charge is 0.369 e. The van der Waals surface area contributed by atoms with E-state index in [1.165, 1.54) is 31.1 Å². The van der Waals surface area contributed by atoms with Crippen LogP contribution in [-0.2, 0) is 6.54 Å². The lowest BCUT2D eigenvalue weighted by atomic mass is 10.2. The average Bonchev–Trinajstić information content (AvgIpc) is 2.68. The summed E-state index contributed by atoms with van der Waals surface area (Å²) in [7, 11) is 0. The van der Waals surface area contributed by atoms with Gasteiger partial charge in [0.1, 0.15) is 5.82 Å². The van der Waals surface area contributed by atoms with Crippen LogP contribution in [0, 0.1) is 12.7 Å². The minimum atomic E-state index is -0.218. The molecule has 1 aliphatic rings. The van der Waals surface area contributed by atoms with E-state index in [0.29, 0.717) is 22.3 Å². The second kappa shape index (κ2) is 5.04. The van der Waals surface area contributed by atoms with Crippen LogP contribution in [0.5, 0.6) is 0 Å². The van der Waals surface area contributed by atoms with Gasteiger partial charge in [-0.25, -0.2) is 9.37 Å². The highest BCUT2D eigenvalue weighted by molar-refractivity contribution is 7.99. The average molecular weight is 279 g/mol. The van der Waals surface area contributed by atoms with Crippen molar-refractivity contribution in [2.24, 2.45) is 0 Å². The van der Waals surface area contributed by atoms with E-state index in [4.69, 9.17) is 5.73 Å². The molecule has 0 spiro atoms. The van der Waals surface area contributed by atoms with Gasteiger partial charge in [-0.05, 0) is 37.1 Å². The number of hydrogen-bond donors (Lipinski definition) is 1. The van der Waals surface area contributed by atoms with Gasteiger partial charge in [-0.1, -0.05) is 6.42 Å². The van der Waals surface area contributed by atoms with E-state index in [-0.39, 0.29) is 5.82 Å². The fourth-order valence-electron chi connectivity index (χ4n) is 2.62. The molecule has 19 heavy (non-hydrogen) atoms. The summed E-state index contributed by atoms with van der Waals surface area (Å²) in [5.41, 5.74) is 8.24. The zero-order valence-corrected chi connectivity index (χ0v) is 11.8. The van der Waals surface area contributed by atoms with Crippen molar-refractivity contribution in [3.05, 3.63) is 23.5 Å². The van der Waals surface area contributed by atoms with Crippen LogP contribution in [0.1, 0.15) is 24.8 Å². The summed E-state index contributed by atoms with van der Waals surface area (Å²) in [6.45, 7) is 2.65. The van der Waals surface area contributed by atoms with Crippen LogP contribution in [0.15, 0.2) is 12.1 Å². The summed E-state index contributed by atoms with van der Waals surface area (Å²) in [5, 5.41) is 0.596. The summed E-state index contributed by atoms with van der Waals surface area (Å²) in [4.78, 5) is 4.27. The molecule has 1 saturated heterocycles. The van der Waals surface area contributed by atoms with E-state index < -0.39 is 0 Å². The summed E-state index contributed by atoms with van der Waals surface area (Å²) in [6.07, 6.45) is 3.83. The number of halogens is 1. The summed E-state index contributed by atoms with van der Waals surface area (Å²) in [6, 6.07) is 3.33. The Balaban J connectivity index is 1.97. The smallest absolute Gasteiger partial charge is 0.201 e. The molecule has 5 heteroatoms. The highest BCUT2D eigenvalue weighted by Gasteiger charge is 2.18. The second-order valence-corrected chi connectivity index (χ2v) is 6.57. The molecule has 3 rings (SSSR count). The molecule has 1 unspecified atom stereocenters. The molecule has 1 aliphatic heterocycles. The summed E-state index contributed by atoms with van der Waals surface area (Å²) in [5.74, 6) is 1.50. The lowest BCUT2D eigenvalue weighted by molar-refractivity contribution is 0.594. The van der Waals surface area contributed by atoms with Crippen LogP contribution in [0.25, 0.3) is 11.0 Å². The highest BCUT2D eigenvalue weighted by Crippen LogP contribution is 2.29. The van der Waals surface area contributed by atoms with Gasteiger partial charge in [-0.2, -0.15) is 11.8 Å². The predicted octanol–water partition coefficient (Wildman–Crippen LogP) is 3.35. The monoisotopic (exact) mass is 279 g/mol. The fraction of sp³-hybridized carbons (Fsp3) is 0.500. The molecule has 0 radical (unpaired) electrons. The summed E-state index contributed by atoms with van der Waals surface area (Å²) >= 11 is 2.01. The first-order valence-electron chi connectivity index (χ1n) is 6.68. The Morgan fingerprint density at radius 2 is 2.32 bits per heavy atom. The van der Waals surface area contributed by atoms with Crippen molar-refractivity contribution in [2.75, 3.05) is 11.5 Å². The molecule has 2 heterocycles. The van der Waals surface area contributed by atoms with Crippen molar-refractivity contribution in [2.45, 2.75) is 38.0 Å². The molecular weight excluding hydrogens is 261 g/mol. The lowest BCUT2D eigenvalue weighted by Gasteiger charge is -2.22. The van der Waals surface area contributed by atoms with Gasteiger partial charge in [0.25, 0.3) is 0 Å². The zero-order valence-electron chi connectivity index (χ0n) is 11.0. The number of fused-ring (bicyclic) bond motifs is 1. The van der Waals surface area contributed by atoms with Gasteiger partial charge in [0.2, 0.25) is 5.95 Å². The van der Waals surface area contributed by atoms with Gasteiger partial charge >= 0.3 is 0 Å². The normalized spacial score (nSPS) is 20.0. The third-order valence-corrected chi connectivity index (χ3v) is 5.10. The lowest BCUT2D eigenvalue weighted by Crippen LogP contribution is -2.18. The third kappa shape index (κ3) is 2.43. The standard InChI is InChI=1S/C14H18FN3S/c1-9-6-13-12(7-11(9)15)17-14(16)18(13)8-10-4-2-3-5-19-10/h6-7,10H,2-5,8H2,1H3,(H2,16,17). The van der Waals surface area contributed by atoms with Crippen molar-refractivity contribution in [3.8, 4) is 0 Å². The van der Waals surface area contributed by atoms with Gasteiger partial charge in [0, 0.05) is 17.9 Å². The van der Waals surface area contributed by atoms with Crippen LogP contribution in [0.4, 0.5) is 10.3 Å².